The van der Waals surface area contributed by atoms with Crippen molar-refractivity contribution >= 4 is 29.2 Å². The van der Waals surface area contributed by atoms with E-state index in [1.165, 1.54) is 6.92 Å². The Kier molecular flexibility index (Phi) is 3.49. The molecule has 0 aliphatic heterocycles. The van der Waals surface area contributed by atoms with Crippen LogP contribution >= 0.6 is 23.2 Å². The minimum absolute atomic E-state index is 0.129. The highest BCUT2D eigenvalue weighted by Crippen LogP contribution is 2.59. The number of esters is 1. The van der Waals surface area contributed by atoms with Crippen LogP contribution in [0.25, 0.3) is 0 Å². The molecule has 1 aliphatic carbocycles. The minimum Gasteiger partial charge on any atom is -0.466 e. The quantitative estimate of drug-likeness (QED) is 0.705. The smallest absolute Gasteiger partial charge is 0.302 e. The molecule has 2 nitrogen and oxygen atoms in total. The summed E-state index contributed by atoms with van der Waals surface area (Å²) < 4.78 is 5.24. The van der Waals surface area contributed by atoms with Crippen molar-refractivity contribution in [3.8, 4) is 0 Å². The third kappa shape index (κ3) is 2.64. The van der Waals surface area contributed by atoms with Crippen molar-refractivity contribution in [1.29, 1.82) is 0 Å². The van der Waals surface area contributed by atoms with Crippen LogP contribution in [-0.4, -0.2) is 12.6 Å². The lowest BCUT2D eigenvalue weighted by Gasteiger charge is -2.02. The van der Waals surface area contributed by atoms with Gasteiger partial charge in [0, 0.05) is 12.8 Å². The molecular weight excluding hydrogens is 223 g/mol. The van der Waals surface area contributed by atoms with Crippen molar-refractivity contribution in [2.24, 2.45) is 17.3 Å². The van der Waals surface area contributed by atoms with Gasteiger partial charge in [-0.2, -0.15) is 0 Å². The monoisotopic (exact) mass is 236 g/mol. The molecule has 0 bridgehead atoms. The van der Waals surface area contributed by atoms with E-state index in [2.05, 4.69) is 13.8 Å². The number of hydrogen-bond acceptors (Lipinski definition) is 2. The van der Waals surface area contributed by atoms with Gasteiger partial charge < -0.3 is 4.74 Å². The average Bonchev–Trinajstić information content (AvgIpc) is 2.48. The molecule has 0 aromatic carbocycles. The molecule has 80 valence electrons. The van der Waals surface area contributed by atoms with Crippen molar-refractivity contribution in [3.05, 3.63) is 10.6 Å². The molecule has 14 heavy (non-hydrogen) atoms. The number of rotatable bonds is 3. The lowest BCUT2D eigenvalue weighted by atomic mass is 10.1. The van der Waals surface area contributed by atoms with Crippen LogP contribution in [0.3, 0.4) is 0 Å². The van der Waals surface area contributed by atoms with E-state index in [0.717, 1.165) is 0 Å². The van der Waals surface area contributed by atoms with Crippen LogP contribution in [-0.2, 0) is 9.53 Å². The minimum atomic E-state index is -0.243. The Labute approximate surface area is 94.2 Å². The second-order valence-corrected chi connectivity index (χ2v) is 5.22. The van der Waals surface area contributed by atoms with E-state index in [0.29, 0.717) is 18.4 Å². The summed E-state index contributed by atoms with van der Waals surface area (Å²) in [4.78, 5) is 10.6. The van der Waals surface area contributed by atoms with Gasteiger partial charge in [-0.05, 0) is 11.3 Å². The molecule has 2 unspecified atom stereocenters. The van der Waals surface area contributed by atoms with Gasteiger partial charge >= 0.3 is 5.97 Å². The predicted molar refractivity (Wildman–Crippen MR) is 57.2 cm³/mol. The predicted octanol–water partition coefficient (Wildman–Crippen LogP) is 3.14. The van der Waals surface area contributed by atoms with Crippen LogP contribution in [0.5, 0.6) is 0 Å². The van der Waals surface area contributed by atoms with Crippen LogP contribution < -0.4 is 0 Å². The molecule has 1 aliphatic rings. The third-order valence-corrected chi connectivity index (χ3v) is 3.16. The summed E-state index contributed by atoms with van der Waals surface area (Å²) in [5, 5.41) is 0. The van der Waals surface area contributed by atoms with Crippen LogP contribution in [0.1, 0.15) is 20.8 Å². The van der Waals surface area contributed by atoms with Gasteiger partial charge in [0.15, 0.2) is 0 Å². The molecule has 4 heteroatoms. The molecule has 0 radical (unpaired) electrons. The second kappa shape index (κ2) is 4.11. The van der Waals surface area contributed by atoms with E-state index in [9.17, 15) is 4.79 Å². The van der Waals surface area contributed by atoms with E-state index in [1.54, 1.807) is 0 Å². The van der Waals surface area contributed by atoms with Gasteiger partial charge in [0.1, 0.15) is 4.49 Å². The second-order valence-electron chi connectivity index (χ2n) is 4.21. The van der Waals surface area contributed by atoms with Gasteiger partial charge in [-0.15, -0.1) is 0 Å². The molecule has 0 saturated heterocycles. The van der Waals surface area contributed by atoms with Gasteiger partial charge in [-0.3, -0.25) is 4.79 Å². The zero-order valence-electron chi connectivity index (χ0n) is 8.51. The Hall–Kier alpha value is -0.210. The zero-order chi connectivity index (χ0) is 10.9. The Morgan fingerprint density at radius 1 is 1.50 bits per heavy atom. The third-order valence-electron chi connectivity index (χ3n) is 2.91. The molecular formula is C10H14Cl2O2. The van der Waals surface area contributed by atoms with Gasteiger partial charge in [-0.25, -0.2) is 0 Å². The number of carbonyl (C=O) groups excluding carboxylic acids is 1. The summed E-state index contributed by atoms with van der Waals surface area (Å²) in [6.45, 7) is 6.08. The van der Waals surface area contributed by atoms with Crippen LogP contribution in [0.2, 0.25) is 0 Å². The number of allylic oxidation sites excluding steroid dienone is 1. The summed E-state index contributed by atoms with van der Waals surface area (Å²) >= 11 is 11.2. The largest absolute Gasteiger partial charge is 0.466 e. The lowest BCUT2D eigenvalue weighted by molar-refractivity contribution is -0.141. The van der Waals surface area contributed by atoms with E-state index in [4.69, 9.17) is 27.9 Å². The van der Waals surface area contributed by atoms with E-state index in [1.807, 2.05) is 6.08 Å². The summed E-state index contributed by atoms with van der Waals surface area (Å²) in [7, 11) is 0. The highest BCUT2D eigenvalue weighted by atomic mass is 35.5. The Balaban J connectivity index is 2.49. The van der Waals surface area contributed by atoms with Crippen molar-refractivity contribution < 1.29 is 9.53 Å². The van der Waals surface area contributed by atoms with Crippen LogP contribution in [0, 0.1) is 17.3 Å². The van der Waals surface area contributed by atoms with E-state index in [-0.39, 0.29) is 15.9 Å². The first-order chi connectivity index (χ1) is 6.35. The number of carbonyl (C=O) groups is 1. The average molecular weight is 237 g/mol. The molecule has 0 N–H and O–H groups in total. The topological polar surface area (TPSA) is 26.3 Å². The normalized spacial score (nSPS) is 28.1. The standard InChI is InChI=1S/C10H14Cl2O2/c1-6(13)14-5-8-7(4-9(11)12)10(8,2)3/h4,7-8H,5H2,1-3H3. The molecule has 0 aromatic rings. The molecule has 0 heterocycles. The lowest BCUT2D eigenvalue weighted by Crippen LogP contribution is -2.05. The molecule has 1 saturated carbocycles. The van der Waals surface area contributed by atoms with Crippen LogP contribution in [0.15, 0.2) is 10.6 Å². The first-order valence-electron chi connectivity index (χ1n) is 4.52. The Morgan fingerprint density at radius 3 is 2.50 bits per heavy atom. The molecule has 1 rings (SSSR count). The Morgan fingerprint density at radius 2 is 2.07 bits per heavy atom. The van der Waals surface area contributed by atoms with Crippen molar-refractivity contribution in [2.45, 2.75) is 20.8 Å². The highest BCUT2D eigenvalue weighted by Gasteiger charge is 2.56. The van der Waals surface area contributed by atoms with Gasteiger partial charge in [0.05, 0.1) is 6.61 Å². The van der Waals surface area contributed by atoms with Gasteiger partial charge in [0.25, 0.3) is 0 Å². The molecule has 0 spiro atoms. The number of hydrogen-bond donors (Lipinski definition) is 0. The summed E-state index contributed by atoms with van der Waals surface area (Å²) in [6.07, 6.45) is 1.82. The fourth-order valence-electron chi connectivity index (χ4n) is 1.78. The maximum Gasteiger partial charge on any atom is 0.302 e. The van der Waals surface area contributed by atoms with E-state index >= 15 is 0 Å². The molecule has 0 aromatic heterocycles. The van der Waals surface area contributed by atoms with Gasteiger partial charge in [0.2, 0.25) is 0 Å². The van der Waals surface area contributed by atoms with Gasteiger partial charge in [-0.1, -0.05) is 43.1 Å². The first-order valence-corrected chi connectivity index (χ1v) is 5.27. The van der Waals surface area contributed by atoms with Crippen molar-refractivity contribution in [1.82, 2.24) is 0 Å². The SMILES string of the molecule is CC(=O)OCC1C(C=C(Cl)Cl)C1(C)C. The number of ether oxygens (including phenoxy) is 1. The molecule has 2 atom stereocenters. The maximum atomic E-state index is 10.6. The fourth-order valence-corrected chi connectivity index (χ4v) is 2.05. The summed E-state index contributed by atoms with van der Waals surface area (Å²) in [5.74, 6) is 0.401. The van der Waals surface area contributed by atoms with Crippen molar-refractivity contribution in [2.75, 3.05) is 6.61 Å². The zero-order valence-corrected chi connectivity index (χ0v) is 10.0. The maximum absolute atomic E-state index is 10.6. The van der Waals surface area contributed by atoms with E-state index < -0.39 is 0 Å². The highest BCUT2D eigenvalue weighted by molar-refractivity contribution is 6.55. The number of halogens is 2. The molecule has 0 amide bonds. The summed E-state index contributed by atoms with van der Waals surface area (Å²) in [5.41, 5.74) is 0.129. The molecule has 1 fully saturated rings. The van der Waals surface area contributed by atoms with Crippen LogP contribution in [0.4, 0.5) is 0 Å². The fraction of sp³-hybridized carbons (Fsp3) is 0.700. The van der Waals surface area contributed by atoms with Crippen molar-refractivity contribution in [3.63, 3.8) is 0 Å². The summed E-state index contributed by atoms with van der Waals surface area (Å²) in [6, 6.07) is 0. The first kappa shape index (κ1) is 11.9. The Bertz CT molecular complexity index is 267.